The zero-order valence-corrected chi connectivity index (χ0v) is 44.9. The van der Waals surface area contributed by atoms with Gasteiger partial charge in [0, 0.05) is 39.4 Å². The highest BCUT2D eigenvalue weighted by Gasteiger charge is 2.38. The lowest BCUT2D eigenvalue weighted by atomic mass is 9.98. The van der Waals surface area contributed by atoms with Crippen molar-refractivity contribution in [1.82, 2.24) is 36.4 Å². The number of aliphatic hydroxyl groups is 2. The van der Waals surface area contributed by atoms with Crippen molar-refractivity contribution in [3.05, 3.63) is 84.0 Å². The molecule has 0 bridgehead atoms. The molecule has 0 fully saturated rings. The van der Waals surface area contributed by atoms with Crippen molar-refractivity contribution in [2.75, 3.05) is 27.3 Å². The average Bonchev–Trinajstić information content (AvgIpc) is 3.35. The number of rotatable bonds is 26. The lowest BCUT2D eigenvalue weighted by Crippen LogP contribution is -2.59. The number of cyclic esters (lactones) is 1. The number of likely N-dealkylation sites (N-methyl/N-ethyl adjacent to an activating group) is 2. The number of ether oxygens (including phenoxy) is 1. The van der Waals surface area contributed by atoms with E-state index in [1.807, 2.05) is 6.08 Å². The van der Waals surface area contributed by atoms with E-state index in [2.05, 4.69) is 33.5 Å². The number of carbonyl (C=O) groups excluding carboxylic acids is 8. The zero-order valence-electron chi connectivity index (χ0n) is 44.9. The first-order valence-electron chi connectivity index (χ1n) is 25.9. The molecule has 3 rings (SSSR count). The van der Waals surface area contributed by atoms with E-state index in [9.17, 15) is 58.8 Å². The molecule has 1 heterocycles. The van der Waals surface area contributed by atoms with Gasteiger partial charge < -0.3 is 61.5 Å². The number of allylic oxidation sites excluding steroid dienone is 1. The van der Waals surface area contributed by atoms with Gasteiger partial charge in [0.1, 0.15) is 48.3 Å². The number of aliphatic hydroxyl groups excluding tert-OH is 2. The maximum Gasteiger partial charge on any atom is 0.329 e. The van der Waals surface area contributed by atoms with Crippen LogP contribution in [0.5, 0.6) is 11.5 Å². The van der Waals surface area contributed by atoms with Crippen molar-refractivity contribution in [3.63, 3.8) is 0 Å². The molecule has 9 N–H and O–H groups in total. The second-order valence-corrected chi connectivity index (χ2v) is 20.2. The van der Waals surface area contributed by atoms with Gasteiger partial charge in [-0.1, -0.05) is 110 Å². The smallest absolute Gasteiger partial charge is 0.329 e. The molecule has 0 saturated carbocycles. The first-order valence-corrected chi connectivity index (χ1v) is 25.9. The number of phenolic OH excluding ortho intramolecular Hbond substituents is 2. The summed E-state index contributed by atoms with van der Waals surface area (Å²) in [5, 5.41) is 54.4. The van der Waals surface area contributed by atoms with Crippen LogP contribution in [0.4, 0.5) is 0 Å². The Morgan fingerprint density at radius 3 is 1.91 bits per heavy atom. The van der Waals surface area contributed by atoms with E-state index in [0.29, 0.717) is 11.1 Å². The van der Waals surface area contributed by atoms with Gasteiger partial charge in [0.2, 0.25) is 41.4 Å². The molecule has 8 unspecified atom stereocenters. The highest BCUT2D eigenvalue weighted by molar-refractivity contribution is 5.95. The Morgan fingerprint density at radius 1 is 0.733 bits per heavy atom. The number of amides is 7. The summed E-state index contributed by atoms with van der Waals surface area (Å²) in [5.74, 6) is -6.79. The second-order valence-electron chi connectivity index (χ2n) is 20.2. The third kappa shape index (κ3) is 20.4. The van der Waals surface area contributed by atoms with Crippen LogP contribution in [0.3, 0.4) is 0 Å². The van der Waals surface area contributed by atoms with Crippen LogP contribution in [0, 0.1) is 17.8 Å². The quantitative estimate of drug-likeness (QED) is 0.0373. The maximum atomic E-state index is 13.9. The summed E-state index contributed by atoms with van der Waals surface area (Å²) in [7, 11) is 2.90. The van der Waals surface area contributed by atoms with E-state index in [1.54, 1.807) is 71.9 Å². The lowest BCUT2D eigenvalue weighted by Gasteiger charge is -2.36. The minimum absolute atomic E-state index is 0.00180. The molecule has 1 aliphatic heterocycles. The molecule has 8 atom stereocenters. The van der Waals surface area contributed by atoms with Gasteiger partial charge >= 0.3 is 5.97 Å². The van der Waals surface area contributed by atoms with Gasteiger partial charge in [0.15, 0.2) is 0 Å². The SMILES string of the molecule is CCCCCCC=CCC(=O)NC(Cc1ccc(O)cc1)C(=O)NC(C(=O)NC(CO)C(O)CC(=O)NC(C(=O)NC1C=CC(=O)N(C)C(C(C)C)C(=O)N(C)C(Cc2ccc(O)cc2)C(=O)OC1)C(C)C)C(C)C. The third-order valence-electron chi connectivity index (χ3n) is 12.9. The molecule has 0 aliphatic carbocycles. The summed E-state index contributed by atoms with van der Waals surface area (Å²) in [6.07, 6.45) is 8.95. The fraction of sp³-hybridized carbons (Fsp3) is 0.564. The van der Waals surface area contributed by atoms with Crippen LogP contribution in [0.2, 0.25) is 0 Å². The Balaban J connectivity index is 1.74. The van der Waals surface area contributed by atoms with E-state index in [0.717, 1.165) is 38.2 Å². The number of carbonyl (C=O) groups is 8. The molecule has 0 saturated heterocycles. The number of hydrogen-bond donors (Lipinski definition) is 9. The van der Waals surface area contributed by atoms with Gasteiger partial charge in [-0.2, -0.15) is 0 Å². The van der Waals surface area contributed by atoms with Crippen LogP contribution in [0.1, 0.15) is 105 Å². The number of nitrogens with zero attached hydrogens (tertiary/aromatic N) is 2. The third-order valence-corrected chi connectivity index (χ3v) is 12.9. The number of phenols is 2. The molecule has 414 valence electrons. The summed E-state index contributed by atoms with van der Waals surface area (Å²) in [4.78, 5) is 112. The molecule has 0 radical (unpaired) electrons. The van der Waals surface area contributed by atoms with Crippen molar-refractivity contribution < 1.29 is 63.5 Å². The van der Waals surface area contributed by atoms with Gasteiger partial charge in [-0.25, -0.2) is 4.79 Å². The fourth-order valence-corrected chi connectivity index (χ4v) is 8.38. The Hall–Kier alpha value is -6.80. The van der Waals surface area contributed by atoms with Crippen molar-refractivity contribution in [1.29, 1.82) is 0 Å². The van der Waals surface area contributed by atoms with E-state index < -0.39 is 127 Å². The summed E-state index contributed by atoms with van der Waals surface area (Å²) < 4.78 is 5.69. The molecule has 20 heteroatoms. The number of hydrogen-bond acceptors (Lipinski definition) is 13. The van der Waals surface area contributed by atoms with Crippen LogP contribution in [-0.4, -0.2) is 153 Å². The minimum atomic E-state index is -1.69. The molecule has 20 nitrogen and oxygen atoms in total. The van der Waals surface area contributed by atoms with E-state index >= 15 is 0 Å². The van der Waals surface area contributed by atoms with Crippen LogP contribution in [-0.2, 0) is 55.9 Å². The van der Waals surface area contributed by atoms with E-state index in [1.165, 1.54) is 54.2 Å². The highest BCUT2D eigenvalue weighted by Crippen LogP contribution is 2.20. The van der Waals surface area contributed by atoms with Crippen LogP contribution >= 0.6 is 0 Å². The summed E-state index contributed by atoms with van der Waals surface area (Å²) in [6.45, 7) is 11.0. The van der Waals surface area contributed by atoms with Crippen molar-refractivity contribution in [2.24, 2.45) is 17.8 Å². The molecule has 7 amide bonds. The largest absolute Gasteiger partial charge is 0.508 e. The fourth-order valence-electron chi connectivity index (χ4n) is 8.38. The summed E-state index contributed by atoms with van der Waals surface area (Å²) >= 11 is 0. The monoisotopic (exact) mass is 1050 g/mol. The Kier molecular flexibility index (Phi) is 26.0. The summed E-state index contributed by atoms with van der Waals surface area (Å²) in [6, 6.07) is 3.92. The molecular formula is C55H81N7O13. The first-order chi connectivity index (χ1) is 35.5. The summed E-state index contributed by atoms with van der Waals surface area (Å²) in [5.41, 5.74) is 1.23. The van der Waals surface area contributed by atoms with Crippen molar-refractivity contribution in [2.45, 2.75) is 155 Å². The maximum absolute atomic E-state index is 13.9. The van der Waals surface area contributed by atoms with Gasteiger partial charge in [0.25, 0.3) is 0 Å². The molecule has 0 spiro atoms. The van der Waals surface area contributed by atoms with Gasteiger partial charge in [-0.15, -0.1) is 0 Å². The molecule has 2 aromatic carbocycles. The predicted octanol–water partition coefficient (Wildman–Crippen LogP) is 2.70. The lowest BCUT2D eigenvalue weighted by molar-refractivity contribution is -0.157. The predicted molar refractivity (Wildman–Crippen MR) is 281 cm³/mol. The first kappa shape index (κ1) is 62.5. The number of aromatic hydroxyl groups is 2. The number of benzene rings is 2. The van der Waals surface area contributed by atoms with Crippen LogP contribution in [0.25, 0.3) is 0 Å². The Bertz CT molecular complexity index is 2270. The standard InChI is InChI=1S/C55H81N7O13/c1-10-11-12-13-14-15-16-17-45(67)57-41(28-36-18-23-39(64)24-19-36)51(70)60-49(34(4)5)53(72)58-42(31-63)44(66)30-46(68)59-48(33(2)3)52(71)56-38-22-27-47(69)62(9)50(35(6)7)54(73)61(8)43(55(74)75-32-38)29-37-20-25-40(65)26-21-37/h15-16,18-27,33-35,38,41-44,48-50,63-66H,10-14,17,28-32H2,1-9H3,(H,56,71)(H,57,67)(H,58,72)(H,59,68)(H,60,70). The zero-order chi connectivity index (χ0) is 55.9. The number of nitrogens with one attached hydrogen (secondary N) is 5. The average molecular weight is 1050 g/mol. The van der Waals surface area contributed by atoms with Gasteiger partial charge in [-0.05, 0) is 66.0 Å². The van der Waals surface area contributed by atoms with Crippen LogP contribution < -0.4 is 26.6 Å². The minimum Gasteiger partial charge on any atom is -0.508 e. The van der Waals surface area contributed by atoms with E-state index in [-0.39, 0.29) is 36.7 Å². The topological polar surface area (TPSA) is 293 Å². The van der Waals surface area contributed by atoms with Crippen molar-refractivity contribution >= 4 is 47.3 Å². The molecule has 1 aliphatic rings. The molecule has 75 heavy (non-hydrogen) atoms. The second kappa shape index (κ2) is 31.2. The number of esters is 1. The molecule has 2 aromatic rings. The van der Waals surface area contributed by atoms with Gasteiger partial charge in [0.05, 0.1) is 31.2 Å². The Morgan fingerprint density at radius 2 is 1.33 bits per heavy atom. The normalized spacial score (nSPS) is 18.6. The van der Waals surface area contributed by atoms with Crippen LogP contribution in [0.15, 0.2) is 72.8 Å². The molecular weight excluding hydrogens is 967 g/mol. The van der Waals surface area contributed by atoms with E-state index in [4.69, 9.17) is 4.74 Å². The van der Waals surface area contributed by atoms with Gasteiger partial charge in [-0.3, -0.25) is 33.6 Å². The van der Waals surface area contributed by atoms with Crippen molar-refractivity contribution in [3.8, 4) is 11.5 Å². The Labute approximate surface area is 441 Å². The highest BCUT2D eigenvalue weighted by atomic mass is 16.5. The molecule has 0 aromatic heterocycles. The number of unbranched alkanes of at least 4 members (excludes halogenated alkanes) is 4.